The maximum atomic E-state index is 10.4. The molecule has 3 heteroatoms. The second-order valence-electron chi connectivity index (χ2n) is 3.72. The van der Waals surface area contributed by atoms with E-state index in [0.717, 1.165) is 17.6 Å². The summed E-state index contributed by atoms with van der Waals surface area (Å²) >= 11 is 1.29. The van der Waals surface area contributed by atoms with E-state index in [-0.39, 0.29) is 0 Å². The molecule has 62 valence electrons. The fourth-order valence-corrected chi connectivity index (χ4v) is 2.45. The lowest BCUT2D eigenvalue weighted by molar-refractivity contribution is -0.138. The van der Waals surface area contributed by atoms with E-state index in [9.17, 15) is 4.79 Å². The highest BCUT2D eigenvalue weighted by atomic mass is 27.0. The first-order valence-electron chi connectivity index (χ1n) is 4.40. The summed E-state index contributed by atoms with van der Waals surface area (Å²) in [4.78, 5) is 10.4. The first kappa shape index (κ1) is 9.09. The molecule has 0 unspecified atom stereocenters. The van der Waals surface area contributed by atoms with Crippen LogP contribution in [0.1, 0.15) is 32.1 Å². The Hall–Kier alpha value is 0.00247. The van der Waals surface area contributed by atoms with Gasteiger partial charge in [-0.15, -0.1) is 0 Å². The lowest BCUT2D eigenvalue weighted by atomic mass is 9.86. The highest BCUT2D eigenvalue weighted by Crippen LogP contribution is 2.31. The molecule has 0 aromatic heterocycles. The SMILES string of the molecule is O=C(O)CC1CC[CH]([AlH2])CC1. The van der Waals surface area contributed by atoms with Gasteiger partial charge in [-0.2, -0.15) is 0 Å². The molecule has 1 rings (SSSR count). The average molecular weight is 170 g/mol. The minimum atomic E-state index is -0.623. The van der Waals surface area contributed by atoms with E-state index in [1.165, 1.54) is 29.1 Å². The maximum absolute atomic E-state index is 10.4. The van der Waals surface area contributed by atoms with Gasteiger partial charge in [0, 0.05) is 6.42 Å². The first-order valence-corrected chi connectivity index (χ1v) is 5.55. The number of carboxylic acid groups (broad SMARTS) is 1. The van der Waals surface area contributed by atoms with Crippen LogP contribution in [0.25, 0.3) is 0 Å². The van der Waals surface area contributed by atoms with Crippen LogP contribution in [0.2, 0.25) is 4.78 Å². The van der Waals surface area contributed by atoms with Crippen molar-refractivity contribution >= 4 is 22.3 Å². The molecule has 1 aliphatic rings. The Kier molecular flexibility index (Phi) is 3.42. The standard InChI is InChI=1S/C8H13O2.Al.2H/c9-8(10)6-7-4-2-1-3-5-7;;;/h1,7H,2-6H2,(H,9,10);;;. The monoisotopic (exact) mass is 170 g/mol. The van der Waals surface area contributed by atoms with E-state index in [0.29, 0.717) is 12.3 Å². The predicted molar refractivity (Wildman–Crippen MR) is 46.5 cm³/mol. The highest BCUT2D eigenvalue weighted by molar-refractivity contribution is 6.11. The van der Waals surface area contributed by atoms with Crippen molar-refractivity contribution in [3.8, 4) is 0 Å². The van der Waals surface area contributed by atoms with Gasteiger partial charge in [-0.25, -0.2) is 0 Å². The molecule has 0 saturated heterocycles. The molecular formula is C8H15AlO2. The zero-order chi connectivity index (χ0) is 8.27. The molecule has 0 atom stereocenters. The van der Waals surface area contributed by atoms with E-state index < -0.39 is 5.97 Å². The molecule has 0 aromatic rings. The van der Waals surface area contributed by atoms with Crippen LogP contribution >= 0.6 is 0 Å². The molecule has 0 radical (unpaired) electrons. The van der Waals surface area contributed by atoms with Crippen LogP contribution in [0, 0.1) is 5.92 Å². The first-order chi connectivity index (χ1) is 5.18. The molecule has 1 saturated carbocycles. The third-order valence-electron chi connectivity index (χ3n) is 2.60. The molecular weight excluding hydrogens is 155 g/mol. The molecule has 1 fully saturated rings. The van der Waals surface area contributed by atoms with Crippen molar-refractivity contribution in [1.29, 1.82) is 0 Å². The van der Waals surface area contributed by atoms with Crippen molar-refractivity contribution in [3.63, 3.8) is 0 Å². The number of aliphatic carboxylic acids is 1. The van der Waals surface area contributed by atoms with Crippen LogP contribution in [0.15, 0.2) is 0 Å². The Labute approximate surface area is 75.4 Å². The van der Waals surface area contributed by atoms with Gasteiger partial charge in [0.15, 0.2) is 0 Å². The quantitative estimate of drug-likeness (QED) is 0.629. The Morgan fingerprint density at radius 2 is 1.91 bits per heavy atom. The molecule has 1 N–H and O–H groups in total. The molecule has 11 heavy (non-hydrogen) atoms. The zero-order valence-electron chi connectivity index (χ0n) is 7.05. The third kappa shape index (κ3) is 3.27. The van der Waals surface area contributed by atoms with Crippen molar-refractivity contribution in [3.05, 3.63) is 0 Å². The number of rotatable bonds is 2. The van der Waals surface area contributed by atoms with Gasteiger partial charge in [-0.3, -0.25) is 4.79 Å². The van der Waals surface area contributed by atoms with Crippen molar-refractivity contribution in [2.75, 3.05) is 0 Å². The minimum absolute atomic E-state index is 0.397. The minimum Gasteiger partial charge on any atom is -0.481 e. The predicted octanol–water partition coefficient (Wildman–Crippen LogP) is 1.07. The average Bonchev–Trinajstić information content (AvgIpc) is 1.93. The lowest BCUT2D eigenvalue weighted by Crippen LogP contribution is -2.14. The Bertz CT molecular complexity index is 139. The Morgan fingerprint density at radius 3 is 2.36 bits per heavy atom. The van der Waals surface area contributed by atoms with Gasteiger partial charge < -0.3 is 5.11 Å². The van der Waals surface area contributed by atoms with Crippen LogP contribution in [0.5, 0.6) is 0 Å². The van der Waals surface area contributed by atoms with Crippen molar-refractivity contribution in [2.24, 2.45) is 5.92 Å². The Morgan fingerprint density at radius 1 is 1.36 bits per heavy atom. The summed E-state index contributed by atoms with van der Waals surface area (Å²) in [6.07, 6.45) is 5.27. The fourth-order valence-electron chi connectivity index (χ4n) is 1.78. The fraction of sp³-hybridized carbons (Fsp3) is 0.875. The number of carbonyl (C=O) groups is 1. The summed E-state index contributed by atoms with van der Waals surface area (Å²) in [5.41, 5.74) is 0. The second-order valence-corrected chi connectivity index (χ2v) is 5.36. The van der Waals surface area contributed by atoms with Gasteiger partial charge in [0.2, 0.25) is 16.3 Å². The largest absolute Gasteiger partial charge is 0.481 e. The molecule has 0 aliphatic heterocycles. The summed E-state index contributed by atoms with van der Waals surface area (Å²) < 4.78 is 0.958. The Balaban J connectivity index is 2.22. The van der Waals surface area contributed by atoms with Gasteiger partial charge in [0.05, 0.1) is 0 Å². The lowest BCUT2D eigenvalue weighted by Gasteiger charge is -2.24. The van der Waals surface area contributed by atoms with Gasteiger partial charge in [-0.05, 0) is 5.92 Å². The van der Waals surface area contributed by atoms with Crippen molar-refractivity contribution < 1.29 is 9.90 Å². The van der Waals surface area contributed by atoms with Crippen LogP contribution in [0.4, 0.5) is 0 Å². The summed E-state index contributed by atoms with van der Waals surface area (Å²) in [5, 5.41) is 8.54. The molecule has 0 bridgehead atoms. The summed E-state index contributed by atoms with van der Waals surface area (Å²) in [7, 11) is 0. The van der Waals surface area contributed by atoms with Crippen LogP contribution in [0.3, 0.4) is 0 Å². The van der Waals surface area contributed by atoms with Crippen LogP contribution in [-0.4, -0.2) is 27.4 Å². The van der Waals surface area contributed by atoms with E-state index in [2.05, 4.69) is 0 Å². The maximum Gasteiger partial charge on any atom is 0.303 e. The number of carboxylic acids is 1. The molecule has 0 spiro atoms. The van der Waals surface area contributed by atoms with Crippen LogP contribution < -0.4 is 0 Å². The van der Waals surface area contributed by atoms with Gasteiger partial charge >= 0.3 is 5.97 Å². The summed E-state index contributed by atoms with van der Waals surface area (Å²) in [6, 6.07) is 0. The second kappa shape index (κ2) is 4.13. The topological polar surface area (TPSA) is 37.3 Å². The smallest absolute Gasteiger partial charge is 0.303 e. The normalized spacial score (nSPS) is 31.6. The molecule has 0 amide bonds. The van der Waals surface area contributed by atoms with Gasteiger partial charge in [-0.1, -0.05) is 30.5 Å². The summed E-state index contributed by atoms with van der Waals surface area (Å²) in [6.45, 7) is 0. The van der Waals surface area contributed by atoms with E-state index in [4.69, 9.17) is 5.11 Å². The van der Waals surface area contributed by atoms with Gasteiger partial charge in [0.25, 0.3) is 0 Å². The molecule has 0 heterocycles. The molecule has 2 nitrogen and oxygen atoms in total. The highest BCUT2D eigenvalue weighted by Gasteiger charge is 2.19. The van der Waals surface area contributed by atoms with Crippen molar-refractivity contribution in [2.45, 2.75) is 36.9 Å². The van der Waals surface area contributed by atoms with E-state index in [1.807, 2.05) is 0 Å². The molecule has 1 aliphatic carbocycles. The van der Waals surface area contributed by atoms with E-state index in [1.54, 1.807) is 0 Å². The van der Waals surface area contributed by atoms with Gasteiger partial charge in [0.1, 0.15) is 0 Å². The van der Waals surface area contributed by atoms with E-state index >= 15 is 0 Å². The summed E-state index contributed by atoms with van der Waals surface area (Å²) in [5.74, 6) is -0.139. The van der Waals surface area contributed by atoms with Crippen LogP contribution in [-0.2, 0) is 4.79 Å². The van der Waals surface area contributed by atoms with Crippen molar-refractivity contribution in [1.82, 2.24) is 0 Å². The number of hydrogen-bond acceptors (Lipinski definition) is 1. The zero-order valence-corrected chi connectivity index (χ0v) is 9.05. The third-order valence-corrected chi connectivity index (χ3v) is 3.75. The molecule has 0 aromatic carbocycles. The number of hydrogen-bond donors (Lipinski definition) is 1.